The fourth-order valence-electron chi connectivity index (χ4n) is 0.942. The van der Waals surface area contributed by atoms with Crippen molar-refractivity contribution in [3.05, 3.63) is 11.8 Å². The second-order valence-corrected chi connectivity index (χ2v) is 3.50. The van der Waals surface area contributed by atoms with Crippen LogP contribution in [0, 0.1) is 11.3 Å². The number of hydrogen-bond acceptors (Lipinski definition) is 5. The molecule has 0 radical (unpaired) electrons. The zero-order chi connectivity index (χ0) is 14.0. The van der Waals surface area contributed by atoms with Gasteiger partial charge in [0.2, 0.25) is 0 Å². The van der Waals surface area contributed by atoms with Gasteiger partial charge in [0, 0.05) is 26.5 Å². The Morgan fingerprint density at radius 3 is 2.72 bits per heavy atom. The van der Waals surface area contributed by atoms with Crippen LogP contribution in [0.25, 0.3) is 0 Å². The Kier molecular flexibility index (Phi) is 7.98. The number of hydrogen-bond donors (Lipinski definition) is 3. The molecule has 0 aliphatic carbocycles. The van der Waals surface area contributed by atoms with Crippen molar-refractivity contribution < 1.29 is 19.4 Å². The van der Waals surface area contributed by atoms with Gasteiger partial charge in [0.25, 0.3) is 5.91 Å². The molecule has 0 saturated carbocycles. The maximum atomic E-state index is 11.5. The molecular formula is C11H17N3O4. The number of nitrogens with zero attached hydrogens (tertiary/aromatic N) is 1. The van der Waals surface area contributed by atoms with Crippen LogP contribution in [0.1, 0.15) is 13.3 Å². The number of methoxy groups -OCH3 is 1. The van der Waals surface area contributed by atoms with E-state index in [1.807, 2.05) is 0 Å². The van der Waals surface area contributed by atoms with E-state index in [1.54, 1.807) is 13.2 Å². The lowest BCUT2D eigenvalue weighted by Crippen LogP contribution is -2.32. The topological polar surface area (TPSA) is 111 Å². The maximum absolute atomic E-state index is 11.5. The average Bonchev–Trinajstić information content (AvgIpc) is 2.34. The van der Waals surface area contributed by atoms with E-state index in [9.17, 15) is 9.59 Å². The molecule has 100 valence electrons. The van der Waals surface area contributed by atoms with Crippen LogP contribution < -0.4 is 10.6 Å². The normalized spacial score (nSPS) is 12.4. The quantitative estimate of drug-likeness (QED) is 0.309. The van der Waals surface area contributed by atoms with Crippen LogP contribution in [0.4, 0.5) is 0 Å². The van der Waals surface area contributed by atoms with Crippen LogP contribution in [0.5, 0.6) is 0 Å². The molecule has 7 nitrogen and oxygen atoms in total. The first-order valence-corrected chi connectivity index (χ1v) is 5.39. The summed E-state index contributed by atoms with van der Waals surface area (Å²) in [4.78, 5) is 22.0. The fourth-order valence-corrected chi connectivity index (χ4v) is 0.942. The SMILES string of the molecule is COCCCNC(=O)/C(C#N)=C\NC(C)C(=O)O. The van der Waals surface area contributed by atoms with Gasteiger partial charge in [-0.2, -0.15) is 5.26 Å². The number of carboxylic acid groups (broad SMARTS) is 1. The van der Waals surface area contributed by atoms with Gasteiger partial charge in [-0.15, -0.1) is 0 Å². The number of nitriles is 1. The molecule has 0 heterocycles. The summed E-state index contributed by atoms with van der Waals surface area (Å²) in [6.07, 6.45) is 1.74. The van der Waals surface area contributed by atoms with Gasteiger partial charge < -0.3 is 20.5 Å². The molecule has 0 aliphatic heterocycles. The lowest BCUT2D eigenvalue weighted by atomic mass is 10.2. The van der Waals surface area contributed by atoms with Crippen molar-refractivity contribution in [3.8, 4) is 6.07 Å². The highest BCUT2D eigenvalue weighted by Crippen LogP contribution is 1.92. The summed E-state index contributed by atoms with van der Waals surface area (Å²) in [5.41, 5.74) is -0.166. The van der Waals surface area contributed by atoms with Crippen LogP contribution in [0.2, 0.25) is 0 Å². The fraction of sp³-hybridized carbons (Fsp3) is 0.545. The third kappa shape index (κ3) is 6.50. The Bertz CT molecular complexity index is 360. The van der Waals surface area contributed by atoms with Crippen molar-refractivity contribution in [1.29, 1.82) is 5.26 Å². The van der Waals surface area contributed by atoms with Crippen LogP contribution in [-0.2, 0) is 14.3 Å². The molecule has 18 heavy (non-hydrogen) atoms. The number of rotatable bonds is 8. The molecule has 0 aliphatic rings. The van der Waals surface area contributed by atoms with Gasteiger partial charge >= 0.3 is 5.97 Å². The van der Waals surface area contributed by atoms with Crippen molar-refractivity contribution in [1.82, 2.24) is 10.6 Å². The van der Waals surface area contributed by atoms with E-state index >= 15 is 0 Å². The van der Waals surface area contributed by atoms with Crippen molar-refractivity contribution in [2.45, 2.75) is 19.4 Å². The van der Waals surface area contributed by atoms with Crippen molar-refractivity contribution in [2.75, 3.05) is 20.3 Å². The first-order chi connectivity index (χ1) is 8.52. The minimum Gasteiger partial charge on any atom is -0.480 e. The molecule has 3 N–H and O–H groups in total. The Hall–Kier alpha value is -2.07. The van der Waals surface area contributed by atoms with E-state index in [0.717, 1.165) is 6.20 Å². The molecular weight excluding hydrogens is 238 g/mol. The zero-order valence-corrected chi connectivity index (χ0v) is 10.4. The maximum Gasteiger partial charge on any atom is 0.325 e. The second-order valence-electron chi connectivity index (χ2n) is 3.50. The van der Waals surface area contributed by atoms with E-state index in [0.29, 0.717) is 19.6 Å². The minimum absolute atomic E-state index is 0.166. The Morgan fingerprint density at radius 1 is 1.56 bits per heavy atom. The van der Waals surface area contributed by atoms with E-state index in [4.69, 9.17) is 15.1 Å². The highest BCUT2D eigenvalue weighted by Gasteiger charge is 2.11. The molecule has 7 heteroatoms. The summed E-state index contributed by atoms with van der Waals surface area (Å²) < 4.78 is 4.81. The molecule has 1 amide bonds. The first-order valence-electron chi connectivity index (χ1n) is 5.39. The molecule has 0 bridgehead atoms. The van der Waals surface area contributed by atoms with Gasteiger partial charge in [-0.3, -0.25) is 9.59 Å². The van der Waals surface area contributed by atoms with Crippen LogP contribution in [0.3, 0.4) is 0 Å². The van der Waals surface area contributed by atoms with Gasteiger partial charge in [-0.25, -0.2) is 0 Å². The summed E-state index contributed by atoms with van der Waals surface area (Å²) in [5, 5.41) is 22.3. The molecule has 0 spiro atoms. The smallest absolute Gasteiger partial charge is 0.325 e. The highest BCUT2D eigenvalue weighted by molar-refractivity contribution is 5.97. The molecule has 1 atom stereocenters. The summed E-state index contributed by atoms with van der Waals surface area (Å²) in [6, 6.07) is 0.833. The van der Waals surface area contributed by atoms with E-state index in [2.05, 4.69) is 10.6 Å². The second kappa shape index (κ2) is 9.01. The predicted molar refractivity (Wildman–Crippen MR) is 63.4 cm³/mol. The monoisotopic (exact) mass is 255 g/mol. The predicted octanol–water partition coefficient (Wildman–Crippen LogP) is -0.391. The molecule has 0 fully saturated rings. The van der Waals surface area contributed by atoms with E-state index in [1.165, 1.54) is 6.92 Å². The molecule has 0 aromatic heterocycles. The minimum atomic E-state index is -1.07. The Morgan fingerprint density at radius 2 is 2.22 bits per heavy atom. The third-order valence-electron chi connectivity index (χ3n) is 2.02. The van der Waals surface area contributed by atoms with E-state index in [-0.39, 0.29) is 5.57 Å². The zero-order valence-electron chi connectivity index (χ0n) is 10.4. The van der Waals surface area contributed by atoms with Crippen molar-refractivity contribution in [2.24, 2.45) is 0 Å². The third-order valence-corrected chi connectivity index (χ3v) is 2.02. The molecule has 0 rings (SSSR count). The van der Waals surface area contributed by atoms with E-state index < -0.39 is 17.9 Å². The van der Waals surface area contributed by atoms with Gasteiger partial charge in [0.1, 0.15) is 17.7 Å². The number of amides is 1. The van der Waals surface area contributed by atoms with Gasteiger partial charge in [0.15, 0.2) is 0 Å². The van der Waals surface area contributed by atoms with Crippen molar-refractivity contribution in [3.63, 3.8) is 0 Å². The average molecular weight is 255 g/mol. The van der Waals surface area contributed by atoms with Crippen LogP contribution in [-0.4, -0.2) is 43.3 Å². The number of carbonyl (C=O) groups is 2. The summed E-state index contributed by atoms with van der Waals surface area (Å²) in [6.45, 7) is 2.31. The lowest BCUT2D eigenvalue weighted by molar-refractivity contribution is -0.138. The van der Waals surface area contributed by atoms with Crippen molar-refractivity contribution >= 4 is 11.9 Å². The molecule has 0 aromatic carbocycles. The molecule has 0 aromatic rings. The summed E-state index contributed by atoms with van der Waals surface area (Å²) in [5.74, 6) is -1.61. The highest BCUT2D eigenvalue weighted by atomic mass is 16.5. The van der Waals surface area contributed by atoms with Crippen LogP contribution in [0.15, 0.2) is 11.8 Å². The molecule has 0 saturated heterocycles. The number of carbonyl (C=O) groups excluding carboxylic acids is 1. The lowest BCUT2D eigenvalue weighted by Gasteiger charge is -2.07. The first kappa shape index (κ1) is 15.9. The van der Waals surface area contributed by atoms with Crippen LogP contribution >= 0.6 is 0 Å². The Balaban J connectivity index is 4.23. The summed E-state index contributed by atoms with van der Waals surface area (Å²) >= 11 is 0. The van der Waals surface area contributed by atoms with Gasteiger partial charge in [-0.05, 0) is 13.3 Å². The van der Waals surface area contributed by atoms with Gasteiger partial charge in [0.05, 0.1) is 0 Å². The number of aliphatic carboxylic acids is 1. The number of ether oxygens (including phenoxy) is 1. The number of nitrogens with one attached hydrogen (secondary N) is 2. The largest absolute Gasteiger partial charge is 0.480 e. The summed E-state index contributed by atoms with van der Waals surface area (Å²) in [7, 11) is 1.56. The standard InChI is InChI=1S/C11H17N3O4/c1-8(11(16)17)14-7-9(6-12)10(15)13-4-3-5-18-2/h7-8,14H,3-5H2,1-2H3,(H,13,15)(H,16,17)/b9-7-. The van der Waals surface area contributed by atoms with Gasteiger partial charge in [-0.1, -0.05) is 0 Å². The Labute approximate surface area is 105 Å². The molecule has 1 unspecified atom stereocenters. The number of carboxylic acids is 1.